The maximum atomic E-state index is 13.1. The van der Waals surface area contributed by atoms with E-state index in [0.717, 1.165) is 44.0 Å². The number of nitrogens with zero attached hydrogens (tertiary/aromatic N) is 3. The number of piperazine rings is 1. The van der Waals surface area contributed by atoms with E-state index < -0.39 is 5.54 Å². The fraction of sp³-hybridized carbons (Fsp3) is 0.391. The molecule has 0 aliphatic carbocycles. The fourth-order valence-electron chi connectivity index (χ4n) is 4.07. The van der Waals surface area contributed by atoms with Crippen LogP contribution in [-0.2, 0) is 16.9 Å². The van der Waals surface area contributed by atoms with Gasteiger partial charge in [-0.15, -0.1) is 0 Å². The minimum atomic E-state index is -1.01. The standard InChI is InChI=1S/C23H28N4O3/c1-23(19-6-4-3-5-7-19)21(28)27(22(29)24-23)17-26-14-12-25(13-15-26)16-18-8-10-20(30-2)11-9-18/h3-11H,12-17H2,1-2H3,(H,24,29)/t23-/m0/s1. The Balaban J connectivity index is 1.32. The maximum Gasteiger partial charge on any atom is 0.326 e. The third kappa shape index (κ3) is 4.04. The van der Waals surface area contributed by atoms with Gasteiger partial charge in [0.2, 0.25) is 0 Å². The minimum Gasteiger partial charge on any atom is -0.497 e. The van der Waals surface area contributed by atoms with E-state index in [1.165, 1.54) is 10.5 Å². The lowest BCUT2D eigenvalue weighted by Gasteiger charge is -2.36. The Morgan fingerprint density at radius 1 is 0.933 bits per heavy atom. The smallest absolute Gasteiger partial charge is 0.326 e. The summed E-state index contributed by atoms with van der Waals surface area (Å²) < 4.78 is 5.21. The second-order valence-corrected chi connectivity index (χ2v) is 8.04. The monoisotopic (exact) mass is 408 g/mol. The van der Waals surface area contributed by atoms with Crippen molar-refractivity contribution in [1.82, 2.24) is 20.0 Å². The second kappa shape index (κ2) is 8.45. The van der Waals surface area contributed by atoms with Crippen LogP contribution in [0.3, 0.4) is 0 Å². The van der Waals surface area contributed by atoms with Crippen molar-refractivity contribution in [2.45, 2.75) is 19.0 Å². The van der Waals surface area contributed by atoms with Crippen LogP contribution in [0.2, 0.25) is 0 Å². The second-order valence-electron chi connectivity index (χ2n) is 8.04. The Labute approximate surface area is 177 Å². The van der Waals surface area contributed by atoms with Crippen molar-refractivity contribution >= 4 is 11.9 Å². The van der Waals surface area contributed by atoms with Crippen molar-refractivity contribution in [1.29, 1.82) is 0 Å². The summed E-state index contributed by atoms with van der Waals surface area (Å²) in [7, 11) is 1.67. The Kier molecular flexibility index (Phi) is 5.74. The highest BCUT2D eigenvalue weighted by Gasteiger charge is 2.49. The van der Waals surface area contributed by atoms with Gasteiger partial charge in [0.25, 0.3) is 5.91 Å². The van der Waals surface area contributed by atoms with E-state index in [2.05, 4.69) is 27.2 Å². The summed E-state index contributed by atoms with van der Waals surface area (Å²) in [5.74, 6) is 0.666. The average Bonchev–Trinajstić information content (AvgIpc) is 3.00. The molecule has 7 heteroatoms. The highest BCUT2D eigenvalue weighted by atomic mass is 16.5. The average molecular weight is 409 g/mol. The number of carbonyl (C=O) groups excluding carboxylic acids is 2. The first-order chi connectivity index (χ1) is 14.5. The molecule has 2 aliphatic heterocycles. The lowest BCUT2D eigenvalue weighted by atomic mass is 9.92. The van der Waals surface area contributed by atoms with Crippen molar-refractivity contribution in [2.75, 3.05) is 40.0 Å². The van der Waals surface area contributed by atoms with E-state index in [4.69, 9.17) is 4.74 Å². The summed E-state index contributed by atoms with van der Waals surface area (Å²) in [6, 6.07) is 17.2. The van der Waals surface area contributed by atoms with Gasteiger partial charge >= 0.3 is 6.03 Å². The Hall–Kier alpha value is -2.90. The zero-order valence-corrected chi connectivity index (χ0v) is 17.5. The number of hydrogen-bond acceptors (Lipinski definition) is 5. The Morgan fingerprint density at radius 3 is 2.20 bits per heavy atom. The number of imide groups is 1. The van der Waals surface area contributed by atoms with Crippen LogP contribution in [0.1, 0.15) is 18.1 Å². The molecule has 2 aliphatic rings. The summed E-state index contributed by atoms with van der Waals surface area (Å²) in [5.41, 5.74) is 1.04. The van der Waals surface area contributed by atoms with Crippen molar-refractivity contribution in [3.05, 3.63) is 65.7 Å². The first-order valence-electron chi connectivity index (χ1n) is 10.3. The molecule has 30 heavy (non-hydrogen) atoms. The van der Waals surface area contributed by atoms with Crippen molar-refractivity contribution in [3.63, 3.8) is 0 Å². The molecule has 0 bridgehead atoms. The molecule has 0 spiro atoms. The number of benzene rings is 2. The van der Waals surface area contributed by atoms with Gasteiger partial charge in [0, 0.05) is 32.7 Å². The zero-order chi connectivity index (χ0) is 21.1. The van der Waals surface area contributed by atoms with Crippen LogP contribution in [0.25, 0.3) is 0 Å². The number of rotatable bonds is 6. The molecule has 158 valence electrons. The lowest BCUT2D eigenvalue weighted by molar-refractivity contribution is -0.132. The molecule has 2 aromatic carbocycles. The highest BCUT2D eigenvalue weighted by Crippen LogP contribution is 2.28. The van der Waals surface area contributed by atoms with E-state index in [-0.39, 0.29) is 11.9 Å². The molecule has 2 aromatic rings. The summed E-state index contributed by atoms with van der Waals surface area (Å²) >= 11 is 0. The number of methoxy groups -OCH3 is 1. The normalized spacial score (nSPS) is 22.9. The molecule has 2 saturated heterocycles. The molecule has 3 amide bonds. The maximum absolute atomic E-state index is 13.1. The first kappa shape index (κ1) is 20.4. The number of urea groups is 1. The van der Waals surface area contributed by atoms with Crippen LogP contribution < -0.4 is 10.1 Å². The van der Waals surface area contributed by atoms with Crippen LogP contribution >= 0.6 is 0 Å². The number of ether oxygens (including phenoxy) is 1. The lowest BCUT2D eigenvalue weighted by Crippen LogP contribution is -2.51. The molecule has 1 atom stereocenters. The highest BCUT2D eigenvalue weighted by molar-refractivity contribution is 6.07. The van der Waals surface area contributed by atoms with E-state index in [0.29, 0.717) is 6.67 Å². The predicted molar refractivity (Wildman–Crippen MR) is 114 cm³/mol. The topological polar surface area (TPSA) is 65.1 Å². The summed E-state index contributed by atoms with van der Waals surface area (Å²) in [6.45, 7) is 6.40. The molecule has 0 saturated carbocycles. The van der Waals surface area contributed by atoms with E-state index in [9.17, 15) is 9.59 Å². The third-order valence-corrected chi connectivity index (χ3v) is 6.00. The van der Waals surface area contributed by atoms with Gasteiger partial charge < -0.3 is 10.1 Å². The molecule has 1 N–H and O–H groups in total. The van der Waals surface area contributed by atoms with Gasteiger partial charge in [0.15, 0.2) is 0 Å². The van der Waals surface area contributed by atoms with Crippen LogP contribution in [0.4, 0.5) is 4.79 Å². The van der Waals surface area contributed by atoms with Gasteiger partial charge in [-0.05, 0) is 30.2 Å². The van der Waals surface area contributed by atoms with Gasteiger partial charge in [-0.25, -0.2) is 9.69 Å². The first-order valence-corrected chi connectivity index (χ1v) is 10.3. The summed E-state index contributed by atoms with van der Waals surface area (Å²) in [6.07, 6.45) is 0. The number of amides is 3. The van der Waals surface area contributed by atoms with Crippen molar-refractivity contribution in [2.24, 2.45) is 0 Å². The summed E-state index contributed by atoms with van der Waals surface area (Å²) in [5, 5.41) is 2.88. The predicted octanol–water partition coefficient (Wildman–Crippen LogP) is 2.24. The van der Waals surface area contributed by atoms with Gasteiger partial charge in [-0.1, -0.05) is 42.5 Å². The molecule has 0 radical (unpaired) electrons. The Bertz CT molecular complexity index is 894. The number of nitrogens with one attached hydrogen (secondary N) is 1. The van der Waals surface area contributed by atoms with Crippen LogP contribution in [-0.4, -0.2) is 66.6 Å². The largest absolute Gasteiger partial charge is 0.497 e. The van der Waals surface area contributed by atoms with Crippen LogP contribution in [0.15, 0.2) is 54.6 Å². The zero-order valence-electron chi connectivity index (χ0n) is 17.5. The van der Waals surface area contributed by atoms with Crippen molar-refractivity contribution < 1.29 is 14.3 Å². The fourth-order valence-corrected chi connectivity index (χ4v) is 4.07. The minimum absolute atomic E-state index is 0.195. The van der Waals surface area contributed by atoms with E-state index >= 15 is 0 Å². The SMILES string of the molecule is COc1ccc(CN2CCN(CN3C(=O)N[C@@](C)(c4ccccc4)C3=O)CC2)cc1. The molecular weight excluding hydrogens is 380 g/mol. The molecular formula is C23H28N4O3. The molecule has 4 rings (SSSR count). The van der Waals surface area contributed by atoms with Gasteiger partial charge in [0.1, 0.15) is 11.3 Å². The number of hydrogen-bond donors (Lipinski definition) is 1. The number of carbonyl (C=O) groups is 2. The van der Waals surface area contributed by atoms with Crippen LogP contribution in [0, 0.1) is 0 Å². The van der Waals surface area contributed by atoms with Gasteiger partial charge in [-0.2, -0.15) is 0 Å². The van der Waals surface area contributed by atoms with E-state index in [1.54, 1.807) is 14.0 Å². The molecule has 2 fully saturated rings. The molecule has 7 nitrogen and oxygen atoms in total. The summed E-state index contributed by atoms with van der Waals surface area (Å²) in [4.78, 5) is 31.5. The molecule has 2 heterocycles. The molecule has 0 aromatic heterocycles. The Morgan fingerprint density at radius 2 is 1.57 bits per heavy atom. The van der Waals surface area contributed by atoms with Gasteiger partial charge in [-0.3, -0.25) is 14.6 Å². The van der Waals surface area contributed by atoms with Gasteiger partial charge in [0.05, 0.1) is 13.8 Å². The van der Waals surface area contributed by atoms with Crippen LogP contribution in [0.5, 0.6) is 5.75 Å². The molecule has 0 unspecified atom stereocenters. The van der Waals surface area contributed by atoms with E-state index in [1.807, 2.05) is 42.5 Å². The third-order valence-electron chi connectivity index (χ3n) is 6.00. The quantitative estimate of drug-likeness (QED) is 0.743. The van der Waals surface area contributed by atoms with Crippen molar-refractivity contribution in [3.8, 4) is 5.75 Å².